The number of nitrogens with zero attached hydrogens (tertiary/aromatic N) is 3. The van der Waals surface area contributed by atoms with Gasteiger partial charge >= 0.3 is 0 Å². The van der Waals surface area contributed by atoms with Crippen molar-refractivity contribution in [2.45, 2.75) is 36.4 Å². The number of hydrogen-bond donors (Lipinski definition) is 0. The van der Waals surface area contributed by atoms with Gasteiger partial charge in [0.05, 0.1) is 10.1 Å². The Morgan fingerprint density at radius 1 is 1.22 bits per heavy atom. The predicted octanol–water partition coefficient (Wildman–Crippen LogP) is 2.60. The standard InChI is InChI=1S/C16H22ClN3O4S3/c1-2-26(21,22)12-11-19-10-7-18-16(19)13-5-8-20(9-6-13)27(23,24)15-4-3-14(17)25-15/h3-4,7,10,13H,2,5-6,8-9,11-12H2,1H3. The summed E-state index contributed by atoms with van der Waals surface area (Å²) < 4.78 is 53.0. The molecule has 1 fully saturated rings. The molecule has 1 aliphatic heterocycles. The lowest BCUT2D eigenvalue weighted by molar-refractivity contribution is 0.310. The van der Waals surface area contributed by atoms with Crippen molar-refractivity contribution in [1.82, 2.24) is 13.9 Å². The molecule has 0 aliphatic carbocycles. The molecule has 11 heteroatoms. The normalized spacial score (nSPS) is 17.4. The minimum absolute atomic E-state index is 0.0826. The van der Waals surface area contributed by atoms with Gasteiger partial charge in [0.15, 0.2) is 9.84 Å². The Hall–Kier alpha value is -0.940. The van der Waals surface area contributed by atoms with Gasteiger partial charge in [-0.25, -0.2) is 21.8 Å². The van der Waals surface area contributed by atoms with Gasteiger partial charge in [0.2, 0.25) is 0 Å². The number of rotatable bonds is 7. The monoisotopic (exact) mass is 451 g/mol. The lowest BCUT2D eigenvalue weighted by Crippen LogP contribution is -2.38. The Labute approximate surface area is 168 Å². The number of hydrogen-bond acceptors (Lipinski definition) is 6. The molecule has 0 saturated carbocycles. The van der Waals surface area contributed by atoms with Crippen molar-refractivity contribution >= 4 is 42.8 Å². The van der Waals surface area contributed by atoms with Crippen LogP contribution in [0.5, 0.6) is 0 Å². The fourth-order valence-electron chi connectivity index (χ4n) is 3.17. The van der Waals surface area contributed by atoms with E-state index in [9.17, 15) is 16.8 Å². The molecular weight excluding hydrogens is 430 g/mol. The van der Waals surface area contributed by atoms with Crippen LogP contribution in [0.15, 0.2) is 28.7 Å². The molecule has 0 unspecified atom stereocenters. The highest BCUT2D eigenvalue weighted by Gasteiger charge is 2.32. The van der Waals surface area contributed by atoms with Gasteiger partial charge in [-0.15, -0.1) is 11.3 Å². The average molecular weight is 452 g/mol. The minimum Gasteiger partial charge on any atom is -0.334 e. The molecule has 0 atom stereocenters. The van der Waals surface area contributed by atoms with Crippen molar-refractivity contribution in [2.24, 2.45) is 0 Å². The summed E-state index contributed by atoms with van der Waals surface area (Å²) in [6, 6.07) is 3.13. The van der Waals surface area contributed by atoms with Crippen LogP contribution in [0.4, 0.5) is 0 Å². The molecule has 0 radical (unpaired) electrons. The van der Waals surface area contributed by atoms with Crippen LogP contribution >= 0.6 is 22.9 Å². The first-order valence-corrected chi connectivity index (χ1v) is 13.2. The van der Waals surface area contributed by atoms with E-state index >= 15 is 0 Å². The molecule has 1 saturated heterocycles. The summed E-state index contributed by atoms with van der Waals surface area (Å²) in [5.74, 6) is 1.15. The molecule has 150 valence electrons. The molecule has 2 aromatic heterocycles. The molecule has 27 heavy (non-hydrogen) atoms. The zero-order chi connectivity index (χ0) is 19.7. The number of sulfone groups is 1. The number of imidazole rings is 1. The fraction of sp³-hybridized carbons (Fsp3) is 0.562. The average Bonchev–Trinajstić information content (AvgIpc) is 3.29. The van der Waals surface area contributed by atoms with Crippen molar-refractivity contribution in [3.8, 4) is 0 Å². The van der Waals surface area contributed by atoms with Crippen LogP contribution in [-0.4, -0.2) is 55.3 Å². The zero-order valence-corrected chi connectivity index (χ0v) is 18.1. The van der Waals surface area contributed by atoms with Gasteiger partial charge < -0.3 is 4.57 Å². The van der Waals surface area contributed by atoms with E-state index in [2.05, 4.69) is 4.98 Å². The van der Waals surface area contributed by atoms with E-state index in [1.165, 1.54) is 10.4 Å². The number of halogens is 1. The Morgan fingerprint density at radius 2 is 1.93 bits per heavy atom. The molecule has 2 aromatic rings. The third-order valence-corrected chi connectivity index (χ3v) is 10.1. The van der Waals surface area contributed by atoms with Crippen molar-refractivity contribution < 1.29 is 16.8 Å². The maximum absolute atomic E-state index is 12.7. The Kier molecular flexibility index (Phi) is 6.31. The summed E-state index contributed by atoms with van der Waals surface area (Å²) in [6.07, 6.45) is 4.76. The third kappa shape index (κ3) is 4.73. The predicted molar refractivity (Wildman–Crippen MR) is 107 cm³/mol. The van der Waals surface area contributed by atoms with Crippen LogP contribution in [0.2, 0.25) is 4.34 Å². The first kappa shape index (κ1) is 20.8. The molecule has 3 rings (SSSR count). The number of aryl methyl sites for hydroxylation is 1. The topological polar surface area (TPSA) is 89.3 Å². The molecule has 3 heterocycles. The van der Waals surface area contributed by atoms with Gasteiger partial charge in [0.25, 0.3) is 10.0 Å². The van der Waals surface area contributed by atoms with Gasteiger partial charge in [-0.1, -0.05) is 18.5 Å². The first-order valence-electron chi connectivity index (χ1n) is 8.70. The summed E-state index contributed by atoms with van der Waals surface area (Å²) in [5.41, 5.74) is 0. The molecule has 0 amide bonds. The van der Waals surface area contributed by atoms with Crippen LogP contribution in [0, 0.1) is 0 Å². The van der Waals surface area contributed by atoms with Crippen LogP contribution < -0.4 is 0 Å². The summed E-state index contributed by atoms with van der Waals surface area (Å²) in [6.45, 7) is 2.82. The van der Waals surface area contributed by atoms with Crippen molar-refractivity contribution in [3.05, 3.63) is 34.7 Å². The third-order valence-electron chi connectivity index (χ3n) is 4.79. The smallest absolute Gasteiger partial charge is 0.252 e. The van der Waals surface area contributed by atoms with Crippen LogP contribution in [0.1, 0.15) is 31.5 Å². The summed E-state index contributed by atoms with van der Waals surface area (Å²) in [5, 5.41) is 0. The minimum atomic E-state index is -3.52. The molecule has 0 spiro atoms. The van der Waals surface area contributed by atoms with E-state index in [1.807, 2.05) is 4.57 Å². The highest BCUT2D eigenvalue weighted by Crippen LogP contribution is 2.33. The van der Waals surface area contributed by atoms with Gasteiger partial charge in [-0.05, 0) is 25.0 Å². The van der Waals surface area contributed by atoms with Crippen molar-refractivity contribution in [3.63, 3.8) is 0 Å². The quantitative estimate of drug-likeness (QED) is 0.645. The maximum atomic E-state index is 12.7. The van der Waals surface area contributed by atoms with Gasteiger partial charge in [0.1, 0.15) is 10.0 Å². The van der Waals surface area contributed by atoms with E-state index in [0.717, 1.165) is 17.2 Å². The molecule has 0 N–H and O–H groups in total. The largest absolute Gasteiger partial charge is 0.334 e. The second-order valence-corrected chi connectivity index (χ2v) is 12.8. The van der Waals surface area contributed by atoms with E-state index in [4.69, 9.17) is 11.6 Å². The fourth-order valence-corrected chi connectivity index (χ4v) is 7.04. The molecular formula is C16H22ClN3O4S3. The molecule has 0 aromatic carbocycles. The van der Waals surface area contributed by atoms with E-state index in [1.54, 1.807) is 25.4 Å². The second-order valence-electron chi connectivity index (χ2n) is 6.45. The SMILES string of the molecule is CCS(=O)(=O)CCn1ccnc1C1CCN(S(=O)(=O)c2ccc(Cl)s2)CC1. The first-order chi connectivity index (χ1) is 12.7. The summed E-state index contributed by atoms with van der Waals surface area (Å²) in [7, 11) is -6.56. The second kappa shape index (κ2) is 8.20. The number of thiophene rings is 1. The highest BCUT2D eigenvalue weighted by atomic mass is 35.5. The molecule has 0 bridgehead atoms. The van der Waals surface area contributed by atoms with Crippen molar-refractivity contribution in [2.75, 3.05) is 24.6 Å². The zero-order valence-electron chi connectivity index (χ0n) is 14.9. The molecule has 1 aliphatic rings. The van der Waals surface area contributed by atoms with Gasteiger partial charge in [-0.3, -0.25) is 0 Å². The number of piperidine rings is 1. The lowest BCUT2D eigenvalue weighted by Gasteiger charge is -2.30. The lowest BCUT2D eigenvalue weighted by atomic mass is 9.97. The Morgan fingerprint density at radius 3 is 2.52 bits per heavy atom. The van der Waals surface area contributed by atoms with E-state index < -0.39 is 19.9 Å². The van der Waals surface area contributed by atoms with E-state index in [0.29, 0.717) is 36.8 Å². The van der Waals surface area contributed by atoms with Crippen molar-refractivity contribution in [1.29, 1.82) is 0 Å². The Balaban J connectivity index is 1.66. The maximum Gasteiger partial charge on any atom is 0.252 e. The summed E-state index contributed by atoms with van der Waals surface area (Å²) >= 11 is 6.93. The van der Waals surface area contributed by atoms with E-state index in [-0.39, 0.29) is 21.6 Å². The van der Waals surface area contributed by atoms with Gasteiger partial charge in [0, 0.05) is 43.7 Å². The van der Waals surface area contributed by atoms with Gasteiger partial charge in [-0.2, -0.15) is 4.31 Å². The highest BCUT2D eigenvalue weighted by molar-refractivity contribution is 7.91. The Bertz CT molecular complexity index is 990. The van der Waals surface area contributed by atoms with Crippen LogP contribution in [0.25, 0.3) is 0 Å². The number of sulfonamides is 1. The van der Waals surface area contributed by atoms with Crippen LogP contribution in [-0.2, 0) is 26.4 Å². The molecule has 7 nitrogen and oxygen atoms in total. The van der Waals surface area contributed by atoms with Crippen LogP contribution in [0.3, 0.4) is 0 Å². The number of aromatic nitrogens is 2. The summed E-state index contributed by atoms with van der Waals surface area (Å²) in [4.78, 5) is 4.40.